The fourth-order valence-corrected chi connectivity index (χ4v) is 1.71. The Morgan fingerprint density at radius 3 is 2.84 bits per heavy atom. The van der Waals surface area contributed by atoms with Crippen LogP contribution >= 0.6 is 0 Å². The van der Waals surface area contributed by atoms with Crippen molar-refractivity contribution in [2.75, 3.05) is 13.2 Å². The number of imidazole rings is 1. The predicted molar refractivity (Wildman–Crippen MR) is 73.2 cm³/mol. The molecule has 0 aliphatic rings. The van der Waals surface area contributed by atoms with Crippen LogP contribution in [0.1, 0.15) is 17.7 Å². The van der Waals surface area contributed by atoms with Crippen molar-refractivity contribution in [3.8, 4) is 0 Å². The maximum Gasteiger partial charge on any atom is 0.123 e. The number of aromatic nitrogens is 2. The molecular formula is C15H17FN2O. The average Bonchev–Trinajstić information content (AvgIpc) is 2.93. The van der Waals surface area contributed by atoms with Gasteiger partial charge >= 0.3 is 0 Å². The smallest absolute Gasteiger partial charge is 0.123 e. The van der Waals surface area contributed by atoms with E-state index in [1.54, 1.807) is 6.33 Å². The summed E-state index contributed by atoms with van der Waals surface area (Å²) in [4.78, 5) is 6.95. The maximum absolute atomic E-state index is 12.7. The van der Waals surface area contributed by atoms with Crippen LogP contribution in [0.2, 0.25) is 0 Å². The molecule has 1 aromatic carbocycles. The molecule has 0 aliphatic heterocycles. The quantitative estimate of drug-likeness (QED) is 0.776. The first-order valence-corrected chi connectivity index (χ1v) is 6.32. The molecule has 0 atom stereocenters. The normalized spacial score (nSPS) is 11.2. The molecule has 2 aromatic rings. The van der Waals surface area contributed by atoms with Gasteiger partial charge < -0.3 is 9.72 Å². The lowest BCUT2D eigenvalue weighted by Crippen LogP contribution is -1.96. The van der Waals surface area contributed by atoms with E-state index in [1.807, 2.05) is 30.5 Å². The van der Waals surface area contributed by atoms with Crippen LogP contribution in [0.3, 0.4) is 0 Å². The Labute approximate surface area is 112 Å². The van der Waals surface area contributed by atoms with Crippen molar-refractivity contribution < 1.29 is 9.13 Å². The number of benzene rings is 1. The van der Waals surface area contributed by atoms with Crippen LogP contribution in [0.4, 0.5) is 4.39 Å². The zero-order valence-electron chi connectivity index (χ0n) is 10.7. The third-order valence-corrected chi connectivity index (χ3v) is 2.69. The van der Waals surface area contributed by atoms with Crippen molar-refractivity contribution in [3.63, 3.8) is 0 Å². The summed E-state index contributed by atoms with van der Waals surface area (Å²) in [6.07, 6.45) is 9.16. The summed E-state index contributed by atoms with van der Waals surface area (Å²) >= 11 is 0. The Kier molecular flexibility index (Phi) is 5.31. The van der Waals surface area contributed by atoms with Gasteiger partial charge in [-0.05, 0) is 36.6 Å². The van der Waals surface area contributed by atoms with Crippen molar-refractivity contribution >= 4 is 6.08 Å². The number of hydrogen-bond acceptors (Lipinski definition) is 2. The molecule has 0 aliphatic carbocycles. The minimum absolute atomic E-state index is 0.191. The third-order valence-electron chi connectivity index (χ3n) is 2.69. The van der Waals surface area contributed by atoms with Crippen LogP contribution in [-0.4, -0.2) is 23.2 Å². The second-order valence-corrected chi connectivity index (χ2v) is 4.20. The minimum atomic E-state index is -0.191. The molecule has 0 spiro atoms. The van der Waals surface area contributed by atoms with Crippen molar-refractivity contribution in [1.29, 1.82) is 0 Å². The van der Waals surface area contributed by atoms with E-state index >= 15 is 0 Å². The van der Waals surface area contributed by atoms with Gasteiger partial charge in [-0.1, -0.05) is 18.2 Å². The van der Waals surface area contributed by atoms with Crippen molar-refractivity contribution in [2.24, 2.45) is 0 Å². The molecule has 1 N–H and O–H groups in total. The number of nitrogens with zero attached hydrogens (tertiary/aromatic N) is 1. The van der Waals surface area contributed by atoms with E-state index in [9.17, 15) is 4.39 Å². The van der Waals surface area contributed by atoms with Crippen molar-refractivity contribution in [2.45, 2.75) is 12.8 Å². The molecule has 3 nitrogen and oxygen atoms in total. The van der Waals surface area contributed by atoms with E-state index in [0.29, 0.717) is 13.2 Å². The minimum Gasteiger partial charge on any atom is -0.377 e. The van der Waals surface area contributed by atoms with Crippen molar-refractivity contribution in [3.05, 3.63) is 59.9 Å². The van der Waals surface area contributed by atoms with Gasteiger partial charge in [-0.2, -0.15) is 0 Å². The Bertz CT molecular complexity index is 491. The molecule has 1 aromatic heterocycles. The Morgan fingerprint density at radius 2 is 2.11 bits per heavy atom. The molecule has 0 fully saturated rings. The van der Waals surface area contributed by atoms with Crippen LogP contribution in [0.15, 0.2) is 42.9 Å². The van der Waals surface area contributed by atoms with Crippen LogP contribution in [0, 0.1) is 5.82 Å². The SMILES string of the molecule is Fc1ccc(CCCOCC=Cc2c[nH]cn2)cc1. The number of rotatable bonds is 7. The van der Waals surface area contributed by atoms with Gasteiger partial charge in [-0.3, -0.25) is 0 Å². The number of aryl methyl sites for hydroxylation is 1. The molecular weight excluding hydrogens is 243 g/mol. The predicted octanol–water partition coefficient (Wildman–Crippen LogP) is 3.21. The summed E-state index contributed by atoms with van der Waals surface area (Å²) in [6, 6.07) is 6.60. The van der Waals surface area contributed by atoms with Crippen LogP contribution < -0.4 is 0 Å². The highest BCUT2D eigenvalue weighted by Crippen LogP contribution is 2.05. The summed E-state index contributed by atoms with van der Waals surface area (Å²) in [5.41, 5.74) is 2.03. The first-order valence-electron chi connectivity index (χ1n) is 6.32. The van der Waals surface area contributed by atoms with Gasteiger partial charge in [0.15, 0.2) is 0 Å². The zero-order chi connectivity index (χ0) is 13.3. The Morgan fingerprint density at radius 1 is 1.26 bits per heavy atom. The fourth-order valence-electron chi connectivity index (χ4n) is 1.71. The van der Waals surface area contributed by atoms with Gasteiger partial charge in [0.25, 0.3) is 0 Å². The number of halogens is 1. The summed E-state index contributed by atoms with van der Waals surface area (Å²) < 4.78 is 18.2. The summed E-state index contributed by atoms with van der Waals surface area (Å²) in [7, 11) is 0. The van der Waals surface area contributed by atoms with E-state index < -0.39 is 0 Å². The molecule has 0 bridgehead atoms. The molecule has 0 saturated carbocycles. The van der Waals surface area contributed by atoms with Crippen LogP contribution in [0.5, 0.6) is 0 Å². The summed E-state index contributed by atoms with van der Waals surface area (Å²) in [5, 5.41) is 0. The topological polar surface area (TPSA) is 37.9 Å². The molecule has 0 radical (unpaired) electrons. The number of hydrogen-bond donors (Lipinski definition) is 1. The Hall–Kier alpha value is -1.94. The third kappa shape index (κ3) is 5.06. The standard InChI is InChI=1S/C15H17FN2O/c16-14-7-5-13(6-8-14)3-1-9-19-10-2-4-15-11-17-12-18-15/h2,4-8,11-12H,1,3,9-10H2,(H,17,18). The van der Waals surface area contributed by atoms with E-state index in [1.165, 1.54) is 12.1 Å². The summed E-state index contributed by atoms with van der Waals surface area (Å²) in [5.74, 6) is -0.191. The molecule has 4 heteroatoms. The van der Waals surface area contributed by atoms with E-state index in [2.05, 4.69) is 9.97 Å². The summed E-state index contributed by atoms with van der Waals surface area (Å²) in [6.45, 7) is 1.28. The number of nitrogens with one attached hydrogen (secondary N) is 1. The van der Waals surface area contributed by atoms with Crippen LogP contribution in [-0.2, 0) is 11.2 Å². The van der Waals surface area contributed by atoms with E-state index in [0.717, 1.165) is 24.1 Å². The second-order valence-electron chi connectivity index (χ2n) is 4.20. The zero-order valence-corrected chi connectivity index (χ0v) is 10.7. The first-order chi connectivity index (χ1) is 9.34. The Balaban J connectivity index is 1.56. The lowest BCUT2D eigenvalue weighted by Gasteiger charge is -2.02. The van der Waals surface area contributed by atoms with Gasteiger partial charge in [0.2, 0.25) is 0 Å². The highest BCUT2D eigenvalue weighted by molar-refractivity contribution is 5.42. The molecule has 1 heterocycles. The number of H-pyrrole nitrogens is 1. The monoisotopic (exact) mass is 260 g/mol. The highest BCUT2D eigenvalue weighted by Gasteiger charge is 1.94. The largest absolute Gasteiger partial charge is 0.377 e. The number of aromatic amines is 1. The van der Waals surface area contributed by atoms with Gasteiger partial charge in [0.05, 0.1) is 18.6 Å². The molecule has 0 amide bonds. The van der Waals surface area contributed by atoms with Gasteiger partial charge in [-0.15, -0.1) is 0 Å². The van der Waals surface area contributed by atoms with Crippen LogP contribution in [0.25, 0.3) is 6.08 Å². The maximum atomic E-state index is 12.7. The molecule has 2 rings (SSSR count). The van der Waals surface area contributed by atoms with E-state index in [-0.39, 0.29) is 5.82 Å². The molecule has 0 unspecified atom stereocenters. The highest BCUT2D eigenvalue weighted by atomic mass is 19.1. The van der Waals surface area contributed by atoms with Crippen molar-refractivity contribution in [1.82, 2.24) is 9.97 Å². The van der Waals surface area contributed by atoms with E-state index in [4.69, 9.17) is 4.74 Å². The molecule has 0 saturated heterocycles. The lowest BCUT2D eigenvalue weighted by atomic mass is 10.1. The average molecular weight is 260 g/mol. The second kappa shape index (κ2) is 7.48. The fraction of sp³-hybridized carbons (Fsp3) is 0.267. The molecule has 19 heavy (non-hydrogen) atoms. The first kappa shape index (κ1) is 13.5. The van der Waals surface area contributed by atoms with Gasteiger partial charge in [0, 0.05) is 12.8 Å². The lowest BCUT2D eigenvalue weighted by molar-refractivity contribution is 0.160. The van der Waals surface area contributed by atoms with Gasteiger partial charge in [-0.25, -0.2) is 9.37 Å². The molecule has 100 valence electrons. The van der Waals surface area contributed by atoms with Gasteiger partial charge in [0.1, 0.15) is 5.82 Å². The number of ether oxygens (including phenoxy) is 1.